The Labute approximate surface area is 203 Å². The van der Waals surface area contributed by atoms with E-state index in [4.69, 9.17) is 21.3 Å². The molecule has 0 radical (unpaired) electrons. The number of thioether (sulfide) groups is 1. The molecule has 0 saturated carbocycles. The summed E-state index contributed by atoms with van der Waals surface area (Å²) in [7, 11) is 0. The first-order chi connectivity index (χ1) is 15.9. The van der Waals surface area contributed by atoms with Gasteiger partial charge in [-0.25, -0.2) is 14.2 Å². The van der Waals surface area contributed by atoms with Crippen LogP contribution in [0.4, 0.5) is 4.39 Å². The molecule has 0 bridgehead atoms. The van der Waals surface area contributed by atoms with E-state index in [0.717, 1.165) is 22.5 Å². The molecule has 170 valence electrons. The predicted octanol–water partition coefficient (Wildman–Crippen LogP) is 6.08. The number of nitrogens with zero attached hydrogens (tertiary/aromatic N) is 2. The van der Waals surface area contributed by atoms with Crippen LogP contribution < -0.4 is 5.56 Å². The van der Waals surface area contributed by atoms with Crippen molar-refractivity contribution in [3.05, 3.63) is 91.3 Å². The first kappa shape index (κ1) is 23.5. The summed E-state index contributed by atoms with van der Waals surface area (Å²) in [5, 5.41) is 1.52. The highest BCUT2D eigenvalue weighted by molar-refractivity contribution is 7.98. The van der Waals surface area contributed by atoms with Gasteiger partial charge in [0.15, 0.2) is 5.16 Å². The van der Waals surface area contributed by atoms with Crippen molar-refractivity contribution in [2.75, 3.05) is 6.61 Å². The highest BCUT2D eigenvalue weighted by Crippen LogP contribution is 2.31. The van der Waals surface area contributed by atoms with Crippen molar-refractivity contribution < 1.29 is 13.9 Å². The third kappa shape index (κ3) is 4.98. The van der Waals surface area contributed by atoms with E-state index < -0.39 is 5.97 Å². The van der Waals surface area contributed by atoms with Crippen molar-refractivity contribution in [1.29, 1.82) is 0 Å². The normalized spacial score (nSPS) is 11.2. The first-order valence-electron chi connectivity index (χ1n) is 10.2. The molecule has 0 saturated heterocycles. The third-order valence-electron chi connectivity index (χ3n) is 5.04. The van der Waals surface area contributed by atoms with Crippen LogP contribution in [-0.2, 0) is 17.0 Å². The van der Waals surface area contributed by atoms with Crippen LogP contribution in [0.2, 0.25) is 5.02 Å². The molecule has 33 heavy (non-hydrogen) atoms. The average Bonchev–Trinajstić information content (AvgIpc) is 3.13. The smallest absolute Gasteiger partial charge is 0.348 e. The zero-order valence-corrected chi connectivity index (χ0v) is 20.3. The predicted molar refractivity (Wildman–Crippen MR) is 131 cm³/mol. The van der Waals surface area contributed by atoms with Crippen LogP contribution in [-0.4, -0.2) is 22.1 Å². The molecule has 0 aliphatic rings. The summed E-state index contributed by atoms with van der Waals surface area (Å²) in [6.45, 7) is 3.93. The molecule has 0 amide bonds. The minimum absolute atomic E-state index is 0.219. The second kappa shape index (κ2) is 10.1. The Hall–Kier alpha value is -2.68. The SMILES string of the molecule is CCOC(=O)c1sc2nc(SCc3ccccc3Cl)n(Cc3ccc(F)cc3)c(=O)c2c1C. The lowest BCUT2D eigenvalue weighted by molar-refractivity contribution is 0.0531. The van der Waals surface area contributed by atoms with Gasteiger partial charge in [0.2, 0.25) is 0 Å². The second-order valence-electron chi connectivity index (χ2n) is 7.25. The van der Waals surface area contributed by atoms with Gasteiger partial charge in [0.1, 0.15) is 15.5 Å². The van der Waals surface area contributed by atoms with E-state index in [9.17, 15) is 14.0 Å². The number of esters is 1. The lowest BCUT2D eigenvalue weighted by atomic mass is 10.2. The van der Waals surface area contributed by atoms with Gasteiger partial charge >= 0.3 is 5.97 Å². The maximum Gasteiger partial charge on any atom is 0.348 e. The number of halogens is 2. The molecule has 4 rings (SSSR count). The summed E-state index contributed by atoms with van der Waals surface area (Å²) in [6, 6.07) is 13.5. The lowest BCUT2D eigenvalue weighted by Gasteiger charge is -2.13. The molecule has 0 aliphatic carbocycles. The number of ether oxygens (including phenoxy) is 1. The summed E-state index contributed by atoms with van der Waals surface area (Å²) in [6.07, 6.45) is 0. The molecular weight excluding hydrogens is 483 g/mol. The monoisotopic (exact) mass is 502 g/mol. The first-order valence-corrected chi connectivity index (χ1v) is 12.4. The summed E-state index contributed by atoms with van der Waals surface area (Å²) >= 11 is 8.84. The minimum Gasteiger partial charge on any atom is -0.462 e. The zero-order chi connectivity index (χ0) is 23.5. The number of thiophene rings is 1. The number of carbonyl (C=O) groups excluding carboxylic acids is 1. The largest absolute Gasteiger partial charge is 0.462 e. The lowest BCUT2D eigenvalue weighted by Crippen LogP contribution is -2.24. The molecule has 0 N–H and O–H groups in total. The number of aromatic nitrogens is 2. The van der Waals surface area contributed by atoms with E-state index >= 15 is 0 Å². The Bertz CT molecular complexity index is 1380. The molecule has 2 aromatic carbocycles. The minimum atomic E-state index is -0.465. The Kier molecular flexibility index (Phi) is 7.17. The summed E-state index contributed by atoms with van der Waals surface area (Å²) < 4.78 is 20.1. The summed E-state index contributed by atoms with van der Waals surface area (Å²) in [4.78, 5) is 31.6. The average molecular weight is 503 g/mol. The number of hydrogen-bond donors (Lipinski definition) is 0. The van der Waals surface area contributed by atoms with Crippen molar-refractivity contribution in [3.63, 3.8) is 0 Å². The van der Waals surface area contributed by atoms with Gasteiger partial charge in [-0.1, -0.05) is 53.7 Å². The van der Waals surface area contributed by atoms with Crippen LogP contribution in [0.25, 0.3) is 10.2 Å². The van der Waals surface area contributed by atoms with Gasteiger partial charge in [-0.2, -0.15) is 0 Å². The molecule has 5 nitrogen and oxygen atoms in total. The summed E-state index contributed by atoms with van der Waals surface area (Å²) in [5.74, 6) is -0.302. The maximum absolute atomic E-state index is 13.6. The van der Waals surface area contributed by atoms with Crippen molar-refractivity contribution >= 4 is 50.9 Å². The molecule has 2 aromatic heterocycles. The van der Waals surface area contributed by atoms with Gasteiger partial charge in [0, 0.05) is 10.8 Å². The summed E-state index contributed by atoms with van der Waals surface area (Å²) in [5.41, 5.74) is 1.98. The molecule has 0 atom stereocenters. The van der Waals surface area contributed by atoms with Gasteiger partial charge in [0.05, 0.1) is 18.5 Å². The molecule has 9 heteroatoms. The standard InChI is InChI=1S/C24H20ClFN2O3S2/c1-3-31-23(30)20-14(2)19-21(33-20)27-24(32-13-16-6-4-5-7-18(16)25)28(22(19)29)12-15-8-10-17(26)11-9-15/h4-11H,3,12-13H2,1-2H3. The zero-order valence-electron chi connectivity index (χ0n) is 17.9. The van der Waals surface area contributed by atoms with Crippen LogP contribution in [0.1, 0.15) is 33.3 Å². The molecule has 0 spiro atoms. The Balaban J connectivity index is 1.81. The fourth-order valence-corrected chi connectivity index (χ4v) is 5.77. The maximum atomic E-state index is 13.6. The van der Waals surface area contributed by atoms with Crippen LogP contribution >= 0.6 is 34.7 Å². The number of rotatable bonds is 7. The van der Waals surface area contributed by atoms with Gasteiger partial charge in [-0.05, 0) is 48.7 Å². The van der Waals surface area contributed by atoms with E-state index in [1.807, 2.05) is 24.3 Å². The highest BCUT2D eigenvalue weighted by atomic mass is 35.5. The molecule has 0 fully saturated rings. The van der Waals surface area contributed by atoms with Gasteiger partial charge in [-0.15, -0.1) is 11.3 Å². The second-order valence-corrected chi connectivity index (χ2v) is 9.60. The van der Waals surface area contributed by atoms with Crippen LogP contribution in [0.15, 0.2) is 58.5 Å². The third-order valence-corrected chi connectivity index (χ3v) is 7.60. The van der Waals surface area contributed by atoms with Crippen LogP contribution in [0.3, 0.4) is 0 Å². The van der Waals surface area contributed by atoms with Gasteiger partial charge < -0.3 is 4.74 Å². The molecule has 0 unspecified atom stereocenters. The van der Waals surface area contributed by atoms with Crippen LogP contribution in [0.5, 0.6) is 0 Å². The Morgan fingerprint density at radius 3 is 2.64 bits per heavy atom. The fourth-order valence-electron chi connectivity index (χ4n) is 3.37. The molecule has 2 heterocycles. The van der Waals surface area contributed by atoms with Crippen molar-refractivity contribution in [2.24, 2.45) is 0 Å². The molecule has 0 aliphatic heterocycles. The van der Waals surface area contributed by atoms with Crippen LogP contribution in [0, 0.1) is 12.7 Å². The number of fused-ring (bicyclic) bond motifs is 1. The Morgan fingerprint density at radius 2 is 1.94 bits per heavy atom. The van der Waals surface area contributed by atoms with E-state index in [2.05, 4.69) is 0 Å². The van der Waals surface area contributed by atoms with E-state index in [0.29, 0.717) is 36.6 Å². The number of benzene rings is 2. The fraction of sp³-hybridized carbons (Fsp3) is 0.208. The van der Waals surface area contributed by atoms with Crippen molar-refractivity contribution in [2.45, 2.75) is 31.3 Å². The van der Waals surface area contributed by atoms with Crippen molar-refractivity contribution in [1.82, 2.24) is 9.55 Å². The van der Waals surface area contributed by atoms with E-state index in [1.165, 1.54) is 23.9 Å². The number of carbonyl (C=O) groups is 1. The Morgan fingerprint density at radius 1 is 1.21 bits per heavy atom. The molecular formula is C24H20ClFN2O3S2. The topological polar surface area (TPSA) is 61.2 Å². The van der Waals surface area contributed by atoms with Gasteiger partial charge in [-0.3, -0.25) is 9.36 Å². The van der Waals surface area contributed by atoms with E-state index in [1.54, 1.807) is 30.5 Å². The molecule has 4 aromatic rings. The van der Waals surface area contributed by atoms with Gasteiger partial charge in [0.25, 0.3) is 5.56 Å². The quantitative estimate of drug-likeness (QED) is 0.174. The van der Waals surface area contributed by atoms with Crippen molar-refractivity contribution in [3.8, 4) is 0 Å². The highest BCUT2D eigenvalue weighted by Gasteiger charge is 2.22. The number of aryl methyl sites for hydroxylation is 1. The number of hydrogen-bond acceptors (Lipinski definition) is 6. The van der Waals surface area contributed by atoms with E-state index in [-0.39, 0.29) is 24.5 Å².